The lowest BCUT2D eigenvalue weighted by Gasteiger charge is -2.16. The Hall–Kier alpha value is -1.84. The highest BCUT2D eigenvalue weighted by Gasteiger charge is 2.29. The zero-order valence-electron chi connectivity index (χ0n) is 12.1. The van der Waals surface area contributed by atoms with Crippen molar-refractivity contribution in [3.05, 3.63) is 34.4 Å². The van der Waals surface area contributed by atoms with Gasteiger partial charge in [0.15, 0.2) is 5.92 Å². The molecule has 0 atom stereocenters. The number of aryl methyl sites for hydroxylation is 3. The van der Waals surface area contributed by atoms with Crippen molar-refractivity contribution in [1.29, 1.82) is 0 Å². The van der Waals surface area contributed by atoms with E-state index in [0.717, 1.165) is 22.3 Å². The topological polar surface area (TPSA) is 52.6 Å². The zero-order chi connectivity index (χ0) is 14.6. The summed E-state index contributed by atoms with van der Waals surface area (Å²) in [6.07, 6.45) is 0.303. The van der Waals surface area contributed by atoms with Crippen LogP contribution in [0.1, 0.15) is 22.3 Å². The second kappa shape index (κ2) is 6.36. The Morgan fingerprint density at radius 3 is 1.79 bits per heavy atom. The molecule has 19 heavy (non-hydrogen) atoms. The smallest absolute Gasteiger partial charge is 0.320 e. The maximum atomic E-state index is 11.7. The summed E-state index contributed by atoms with van der Waals surface area (Å²) >= 11 is 0. The molecule has 0 fully saturated rings. The van der Waals surface area contributed by atoms with E-state index < -0.39 is 17.9 Å². The van der Waals surface area contributed by atoms with Crippen LogP contribution in [0.2, 0.25) is 0 Å². The first kappa shape index (κ1) is 15.2. The number of esters is 2. The monoisotopic (exact) mass is 264 g/mol. The number of carbonyl (C=O) groups excluding carboxylic acids is 2. The zero-order valence-corrected chi connectivity index (χ0v) is 12.1. The summed E-state index contributed by atoms with van der Waals surface area (Å²) in [7, 11) is 2.54. The molecule has 0 radical (unpaired) electrons. The number of ether oxygens (including phenoxy) is 2. The summed E-state index contributed by atoms with van der Waals surface area (Å²) in [4.78, 5) is 23.4. The first-order valence-corrected chi connectivity index (χ1v) is 6.13. The second-order valence-electron chi connectivity index (χ2n) is 4.68. The highest BCUT2D eigenvalue weighted by atomic mass is 16.5. The second-order valence-corrected chi connectivity index (χ2v) is 4.68. The number of rotatable bonds is 4. The van der Waals surface area contributed by atoms with Gasteiger partial charge in [-0.1, -0.05) is 17.7 Å². The Kier molecular flexibility index (Phi) is 5.10. The van der Waals surface area contributed by atoms with Gasteiger partial charge >= 0.3 is 11.9 Å². The van der Waals surface area contributed by atoms with E-state index in [1.165, 1.54) is 14.2 Å². The SMILES string of the molecule is COC(=O)C(Cc1c(C)cc(C)cc1C)C(=O)OC. The van der Waals surface area contributed by atoms with Crippen LogP contribution in [-0.2, 0) is 25.5 Å². The number of hydrogen-bond donors (Lipinski definition) is 0. The van der Waals surface area contributed by atoms with Crippen LogP contribution in [0.3, 0.4) is 0 Å². The molecule has 104 valence electrons. The van der Waals surface area contributed by atoms with Crippen LogP contribution in [0.25, 0.3) is 0 Å². The molecule has 1 aromatic carbocycles. The maximum absolute atomic E-state index is 11.7. The minimum absolute atomic E-state index is 0.303. The first-order chi connectivity index (χ1) is 8.90. The van der Waals surface area contributed by atoms with Gasteiger partial charge in [-0.2, -0.15) is 0 Å². The van der Waals surface area contributed by atoms with E-state index >= 15 is 0 Å². The highest BCUT2D eigenvalue weighted by Crippen LogP contribution is 2.21. The van der Waals surface area contributed by atoms with Crippen molar-refractivity contribution in [2.75, 3.05) is 14.2 Å². The van der Waals surface area contributed by atoms with Gasteiger partial charge in [-0.3, -0.25) is 9.59 Å². The molecular weight excluding hydrogens is 244 g/mol. The number of methoxy groups -OCH3 is 2. The van der Waals surface area contributed by atoms with Gasteiger partial charge in [0.05, 0.1) is 14.2 Å². The molecule has 0 N–H and O–H groups in total. The van der Waals surface area contributed by atoms with Crippen molar-refractivity contribution in [3.8, 4) is 0 Å². The summed E-state index contributed by atoms with van der Waals surface area (Å²) < 4.78 is 9.34. The molecule has 1 aromatic rings. The Balaban J connectivity index is 3.10. The lowest BCUT2D eigenvalue weighted by molar-refractivity contribution is -0.158. The fourth-order valence-electron chi connectivity index (χ4n) is 2.28. The van der Waals surface area contributed by atoms with Crippen molar-refractivity contribution in [2.24, 2.45) is 5.92 Å². The fourth-order valence-corrected chi connectivity index (χ4v) is 2.28. The Labute approximate surface area is 113 Å². The fraction of sp³-hybridized carbons (Fsp3) is 0.467. The first-order valence-electron chi connectivity index (χ1n) is 6.13. The van der Waals surface area contributed by atoms with E-state index in [1.54, 1.807) is 0 Å². The van der Waals surface area contributed by atoms with Crippen LogP contribution in [-0.4, -0.2) is 26.2 Å². The average Bonchev–Trinajstić information content (AvgIpc) is 2.36. The molecule has 0 spiro atoms. The van der Waals surface area contributed by atoms with Crippen molar-refractivity contribution >= 4 is 11.9 Å². The Morgan fingerprint density at radius 2 is 1.42 bits per heavy atom. The Bertz CT molecular complexity index is 452. The van der Waals surface area contributed by atoms with Crippen LogP contribution < -0.4 is 0 Å². The minimum atomic E-state index is -0.907. The van der Waals surface area contributed by atoms with E-state index in [0.29, 0.717) is 6.42 Å². The van der Waals surface area contributed by atoms with Crippen LogP contribution in [0, 0.1) is 26.7 Å². The molecular formula is C15H20O4. The van der Waals surface area contributed by atoms with Gasteiger partial charge in [-0.15, -0.1) is 0 Å². The van der Waals surface area contributed by atoms with Crippen molar-refractivity contribution in [1.82, 2.24) is 0 Å². The molecule has 4 nitrogen and oxygen atoms in total. The largest absolute Gasteiger partial charge is 0.468 e. The number of hydrogen-bond acceptors (Lipinski definition) is 4. The third-order valence-electron chi connectivity index (χ3n) is 3.22. The van der Waals surface area contributed by atoms with E-state index in [4.69, 9.17) is 0 Å². The normalized spacial score (nSPS) is 10.4. The van der Waals surface area contributed by atoms with Gasteiger partial charge in [-0.05, 0) is 43.9 Å². The summed E-state index contributed by atoms with van der Waals surface area (Å²) in [5.41, 5.74) is 4.28. The van der Waals surface area contributed by atoms with E-state index in [2.05, 4.69) is 9.47 Å². The van der Waals surface area contributed by atoms with E-state index in [-0.39, 0.29) is 0 Å². The molecule has 0 aliphatic rings. The van der Waals surface area contributed by atoms with Gasteiger partial charge < -0.3 is 9.47 Å². The summed E-state index contributed by atoms with van der Waals surface area (Å²) in [5, 5.41) is 0. The van der Waals surface area contributed by atoms with Gasteiger partial charge in [0.25, 0.3) is 0 Å². The lowest BCUT2D eigenvalue weighted by atomic mass is 9.91. The predicted octanol–water partition coefficient (Wildman–Crippen LogP) is 2.12. The predicted molar refractivity (Wildman–Crippen MR) is 71.9 cm³/mol. The minimum Gasteiger partial charge on any atom is -0.468 e. The molecule has 0 aliphatic carbocycles. The third-order valence-corrected chi connectivity index (χ3v) is 3.22. The van der Waals surface area contributed by atoms with Crippen LogP contribution in [0.15, 0.2) is 12.1 Å². The number of benzene rings is 1. The van der Waals surface area contributed by atoms with Gasteiger partial charge in [0.1, 0.15) is 0 Å². The van der Waals surface area contributed by atoms with Crippen molar-refractivity contribution in [3.63, 3.8) is 0 Å². The van der Waals surface area contributed by atoms with Gasteiger partial charge in [-0.25, -0.2) is 0 Å². The molecule has 0 aliphatic heterocycles. The summed E-state index contributed by atoms with van der Waals surface area (Å²) in [5.74, 6) is -2.03. The third kappa shape index (κ3) is 3.56. The highest BCUT2D eigenvalue weighted by molar-refractivity contribution is 5.95. The van der Waals surface area contributed by atoms with Crippen LogP contribution in [0.4, 0.5) is 0 Å². The van der Waals surface area contributed by atoms with Crippen LogP contribution >= 0.6 is 0 Å². The molecule has 0 unspecified atom stereocenters. The molecule has 0 amide bonds. The maximum Gasteiger partial charge on any atom is 0.320 e. The summed E-state index contributed by atoms with van der Waals surface area (Å²) in [6, 6.07) is 4.07. The quantitative estimate of drug-likeness (QED) is 0.617. The van der Waals surface area contributed by atoms with Crippen molar-refractivity contribution < 1.29 is 19.1 Å². The molecule has 0 bridgehead atoms. The molecule has 0 aromatic heterocycles. The van der Waals surface area contributed by atoms with E-state index in [1.807, 2.05) is 32.9 Å². The van der Waals surface area contributed by atoms with Crippen molar-refractivity contribution in [2.45, 2.75) is 27.2 Å². The molecule has 0 heterocycles. The van der Waals surface area contributed by atoms with Gasteiger partial charge in [0, 0.05) is 0 Å². The Morgan fingerprint density at radius 1 is 1.00 bits per heavy atom. The molecule has 4 heteroatoms. The summed E-state index contributed by atoms with van der Waals surface area (Å²) in [6.45, 7) is 5.96. The van der Waals surface area contributed by atoms with E-state index in [9.17, 15) is 9.59 Å². The molecule has 0 saturated heterocycles. The molecule has 1 rings (SSSR count). The lowest BCUT2D eigenvalue weighted by Crippen LogP contribution is -2.29. The molecule has 0 saturated carbocycles. The number of carbonyl (C=O) groups is 2. The van der Waals surface area contributed by atoms with Crippen LogP contribution in [0.5, 0.6) is 0 Å². The van der Waals surface area contributed by atoms with Gasteiger partial charge in [0.2, 0.25) is 0 Å². The standard InChI is InChI=1S/C15H20O4/c1-9-6-10(2)12(11(3)7-9)8-13(14(16)18-4)15(17)19-5/h6-7,13H,8H2,1-5H3. The average molecular weight is 264 g/mol.